The monoisotopic (exact) mass is 388 g/mol. The molecule has 2 rings (SSSR count). The molecule has 0 amide bonds. The average molecular weight is 389 g/mol. The van der Waals surface area contributed by atoms with Gasteiger partial charge in [0.15, 0.2) is 0 Å². The van der Waals surface area contributed by atoms with Crippen molar-refractivity contribution in [1.29, 1.82) is 1.43 Å². The smallest absolute Gasteiger partial charge is 0.210 e. The molecule has 2 aromatic rings. The zero-order chi connectivity index (χ0) is 20.7. The number of azo groups is 1. The topological polar surface area (TPSA) is 77.2 Å². The highest BCUT2D eigenvalue weighted by atomic mass is 32.2. The largest absolute Gasteiger partial charge is 0.395 e. The third-order valence-electron chi connectivity index (χ3n) is 4.53. The molecule has 0 aliphatic heterocycles. The van der Waals surface area contributed by atoms with Gasteiger partial charge in [0.2, 0.25) is 1.43 Å². The van der Waals surface area contributed by atoms with Crippen LogP contribution in [0.2, 0.25) is 0 Å². The van der Waals surface area contributed by atoms with E-state index in [1.54, 1.807) is 11.8 Å². The summed E-state index contributed by atoms with van der Waals surface area (Å²) in [5, 5.41) is 26.7. The molecule has 27 heavy (non-hydrogen) atoms. The maximum Gasteiger partial charge on any atom is 0.210 e. The zero-order valence-corrected chi connectivity index (χ0v) is 17.4. The average Bonchev–Trinajstić information content (AvgIpc) is 2.67. The second kappa shape index (κ2) is 9.99. The van der Waals surface area contributed by atoms with Crippen LogP contribution in [0.15, 0.2) is 51.5 Å². The predicted octanol–water partition coefficient (Wildman–Crippen LogP) is 5.04. The minimum Gasteiger partial charge on any atom is -0.395 e. The van der Waals surface area contributed by atoms with Gasteiger partial charge >= 0.3 is 0 Å². The lowest BCUT2D eigenvalue weighted by atomic mass is 10.0. The standard InChI is InChI=1S/C21H29N3O2S/c1-13(2)19(12-25)22-21(26)16-6-8-17(9-7-16)23-24-20-14(3)10-18(27-5)11-15(20)4/h6-11,13,19,21-22,25-26H,12H2,1-5H3/b24-23+/t19-,21+/m0/s1/i25D. The van der Waals surface area contributed by atoms with E-state index in [4.69, 9.17) is 1.43 Å². The van der Waals surface area contributed by atoms with Gasteiger partial charge < -0.3 is 10.2 Å². The first-order chi connectivity index (χ1) is 13.3. The highest BCUT2D eigenvalue weighted by Gasteiger charge is 2.17. The Labute approximate surface area is 167 Å². The van der Waals surface area contributed by atoms with Gasteiger partial charge in [-0.15, -0.1) is 11.8 Å². The van der Waals surface area contributed by atoms with Crippen molar-refractivity contribution in [1.82, 2.24) is 5.32 Å². The number of rotatable bonds is 9. The van der Waals surface area contributed by atoms with Crippen LogP contribution in [-0.2, 0) is 0 Å². The van der Waals surface area contributed by atoms with Crippen molar-refractivity contribution < 1.29 is 10.2 Å². The number of aliphatic hydroxyl groups excluding tert-OH is 2. The van der Waals surface area contributed by atoms with E-state index in [0.29, 0.717) is 0 Å². The van der Waals surface area contributed by atoms with Crippen LogP contribution in [0.5, 0.6) is 0 Å². The first-order valence-electron chi connectivity index (χ1n) is 9.45. The summed E-state index contributed by atoms with van der Waals surface area (Å²) < 4.78 is 6.93. The molecule has 0 radical (unpaired) electrons. The number of nitrogens with one attached hydrogen (secondary N) is 1. The molecule has 0 fully saturated rings. The lowest BCUT2D eigenvalue weighted by molar-refractivity contribution is 0.0904. The second-order valence-corrected chi connectivity index (χ2v) is 7.87. The van der Waals surface area contributed by atoms with Gasteiger partial charge in [0, 0.05) is 10.9 Å². The Bertz CT molecular complexity index is 774. The Morgan fingerprint density at radius 1 is 1.11 bits per heavy atom. The first-order valence-corrected chi connectivity index (χ1v) is 10.3. The molecule has 146 valence electrons. The lowest BCUT2D eigenvalue weighted by Crippen LogP contribution is -2.39. The van der Waals surface area contributed by atoms with E-state index in [0.717, 1.165) is 28.1 Å². The van der Waals surface area contributed by atoms with Crippen LogP contribution in [0, 0.1) is 19.8 Å². The van der Waals surface area contributed by atoms with Gasteiger partial charge in [0.25, 0.3) is 0 Å². The molecule has 0 aliphatic carbocycles. The molecule has 0 saturated carbocycles. The molecular formula is C21H29N3O2S. The molecular weight excluding hydrogens is 358 g/mol. The van der Waals surface area contributed by atoms with Gasteiger partial charge in [-0.2, -0.15) is 10.2 Å². The predicted molar refractivity (Wildman–Crippen MR) is 112 cm³/mol. The minimum absolute atomic E-state index is 0.109. The Morgan fingerprint density at radius 3 is 2.26 bits per heavy atom. The fraction of sp³-hybridized carbons (Fsp3) is 0.429. The normalized spacial score (nSPS) is 14.6. The highest BCUT2D eigenvalue weighted by Crippen LogP contribution is 2.30. The number of thioether (sulfide) groups is 1. The second-order valence-electron chi connectivity index (χ2n) is 6.99. The van der Waals surface area contributed by atoms with Crippen LogP contribution < -0.4 is 5.32 Å². The first kappa shape index (κ1) is 20.0. The Morgan fingerprint density at radius 2 is 1.74 bits per heavy atom. The van der Waals surface area contributed by atoms with Crippen molar-refractivity contribution in [2.24, 2.45) is 16.1 Å². The van der Waals surface area contributed by atoms with E-state index in [9.17, 15) is 5.11 Å². The summed E-state index contributed by atoms with van der Waals surface area (Å²) in [6.45, 7) is 8.33. The molecule has 6 heteroatoms. The number of nitrogens with zero attached hydrogens (tertiary/aromatic N) is 2. The Hall–Kier alpha value is -1.73. The number of hydrogen-bond acceptors (Lipinski definition) is 6. The third kappa shape index (κ3) is 5.87. The SMILES string of the molecule is [2H]OC[C@H](N[C@H](O)c1ccc(/N=N/c2c(C)cc(SC)cc2C)cc1)C(C)C. The van der Waals surface area contributed by atoms with Gasteiger partial charge in [-0.1, -0.05) is 26.0 Å². The summed E-state index contributed by atoms with van der Waals surface area (Å²) in [7, 11) is 0. The number of aliphatic hydroxyl groups is 2. The minimum atomic E-state index is -0.836. The molecule has 0 aliphatic rings. The van der Waals surface area contributed by atoms with Crippen molar-refractivity contribution in [3.05, 3.63) is 53.1 Å². The molecule has 3 N–H and O–H groups in total. The summed E-state index contributed by atoms with van der Waals surface area (Å²) in [5.74, 6) is 0.233. The fourth-order valence-electron chi connectivity index (χ4n) is 2.75. The van der Waals surface area contributed by atoms with E-state index in [1.165, 1.54) is 4.90 Å². The third-order valence-corrected chi connectivity index (χ3v) is 5.24. The number of aryl methyl sites for hydroxylation is 2. The summed E-state index contributed by atoms with van der Waals surface area (Å²) in [5.41, 5.74) is 4.53. The summed E-state index contributed by atoms with van der Waals surface area (Å²) in [6, 6.07) is 11.4. The fourth-order valence-corrected chi connectivity index (χ4v) is 3.34. The Balaban J connectivity index is 2.09. The molecule has 0 aromatic heterocycles. The van der Waals surface area contributed by atoms with Crippen molar-refractivity contribution in [3.63, 3.8) is 0 Å². The van der Waals surface area contributed by atoms with Crippen molar-refractivity contribution >= 4 is 23.1 Å². The van der Waals surface area contributed by atoms with Crippen molar-refractivity contribution in [3.8, 4) is 0 Å². The zero-order valence-electron chi connectivity index (χ0n) is 17.6. The summed E-state index contributed by atoms with van der Waals surface area (Å²) >= 11 is 1.71. The maximum atomic E-state index is 10.4. The summed E-state index contributed by atoms with van der Waals surface area (Å²) in [6.07, 6.45) is 1.22. The van der Waals surface area contributed by atoms with E-state index in [2.05, 4.69) is 39.0 Å². The lowest BCUT2D eigenvalue weighted by Gasteiger charge is -2.24. The van der Waals surface area contributed by atoms with Gasteiger partial charge in [0.05, 0.1) is 18.0 Å². The molecule has 2 atom stereocenters. The molecule has 2 aromatic carbocycles. The maximum absolute atomic E-state index is 10.4. The van der Waals surface area contributed by atoms with Crippen LogP contribution in [0.4, 0.5) is 11.4 Å². The van der Waals surface area contributed by atoms with Crippen LogP contribution in [-0.4, -0.2) is 30.6 Å². The van der Waals surface area contributed by atoms with Gasteiger partial charge in [-0.3, -0.25) is 5.32 Å². The Kier molecular flexibility index (Phi) is 7.41. The molecule has 0 saturated heterocycles. The van der Waals surface area contributed by atoms with Crippen LogP contribution in [0.3, 0.4) is 0 Å². The van der Waals surface area contributed by atoms with Gasteiger partial charge in [-0.25, -0.2) is 0 Å². The van der Waals surface area contributed by atoms with Crippen molar-refractivity contribution in [2.75, 3.05) is 12.9 Å². The van der Waals surface area contributed by atoms with E-state index >= 15 is 0 Å². The molecule has 0 heterocycles. The molecule has 0 spiro atoms. The number of hydrogen-bond donors (Lipinski definition) is 3. The van der Waals surface area contributed by atoms with Gasteiger partial charge in [0.1, 0.15) is 6.23 Å². The molecule has 5 nitrogen and oxygen atoms in total. The van der Waals surface area contributed by atoms with Gasteiger partial charge in [-0.05, 0) is 67.0 Å². The molecule has 0 unspecified atom stereocenters. The van der Waals surface area contributed by atoms with Crippen LogP contribution in [0.1, 0.15) is 36.8 Å². The van der Waals surface area contributed by atoms with Crippen molar-refractivity contribution in [2.45, 2.75) is 44.9 Å². The molecule has 0 bridgehead atoms. The van der Waals surface area contributed by atoms with E-state index < -0.39 is 6.23 Å². The summed E-state index contributed by atoms with van der Waals surface area (Å²) in [4.78, 5) is 1.22. The highest BCUT2D eigenvalue weighted by molar-refractivity contribution is 7.98. The van der Waals surface area contributed by atoms with Crippen LogP contribution in [0.25, 0.3) is 0 Å². The quantitative estimate of drug-likeness (QED) is 0.319. The number of benzene rings is 2. The van der Waals surface area contributed by atoms with E-state index in [1.807, 2.05) is 52.0 Å². The van der Waals surface area contributed by atoms with E-state index in [-0.39, 0.29) is 18.6 Å². The van der Waals surface area contributed by atoms with Crippen LogP contribution >= 0.6 is 11.8 Å².